The van der Waals surface area contributed by atoms with Gasteiger partial charge in [0.05, 0.1) is 18.1 Å². The first-order valence-electron chi connectivity index (χ1n) is 14.3. The largest absolute Gasteiger partial charge is 0.493 e. The quantitative estimate of drug-likeness (QED) is 0.351. The minimum Gasteiger partial charge on any atom is -0.493 e. The number of primary amides is 1. The number of rotatable bonds is 10. The van der Waals surface area contributed by atoms with Crippen LogP contribution in [0.25, 0.3) is 11.4 Å². The van der Waals surface area contributed by atoms with Gasteiger partial charge >= 0.3 is 0 Å². The number of anilines is 1. The summed E-state index contributed by atoms with van der Waals surface area (Å²) in [5.41, 5.74) is 5.35. The zero-order valence-corrected chi connectivity index (χ0v) is 23.8. The molecule has 0 bridgehead atoms. The number of nitrogens with two attached hydrogens (primary N) is 1. The Labute approximate surface area is 242 Å². The molecule has 1 atom stereocenters. The van der Waals surface area contributed by atoms with Crippen LogP contribution in [0, 0.1) is 23.5 Å². The van der Waals surface area contributed by atoms with E-state index in [1.165, 1.54) is 4.90 Å². The van der Waals surface area contributed by atoms with Crippen LogP contribution in [0.15, 0.2) is 29.0 Å². The summed E-state index contributed by atoms with van der Waals surface area (Å²) in [4.78, 5) is 40.8. The Morgan fingerprint density at radius 1 is 1.10 bits per heavy atom. The minimum absolute atomic E-state index is 0.0367. The number of halogens is 2. The van der Waals surface area contributed by atoms with E-state index in [1.807, 2.05) is 13.8 Å². The highest BCUT2D eigenvalue weighted by atomic mass is 19.1. The number of benzene rings is 1. The Kier molecular flexibility index (Phi) is 8.93. The van der Waals surface area contributed by atoms with Crippen LogP contribution in [0.3, 0.4) is 0 Å². The van der Waals surface area contributed by atoms with Crippen molar-refractivity contribution < 1.29 is 27.6 Å². The van der Waals surface area contributed by atoms with Crippen molar-refractivity contribution in [2.45, 2.75) is 51.9 Å². The summed E-state index contributed by atoms with van der Waals surface area (Å²) in [5.74, 6) is -1.40. The molecule has 13 heteroatoms. The van der Waals surface area contributed by atoms with Gasteiger partial charge in [-0.2, -0.15) is 4.98 Å². The van der Waals surface area contributed by atoms with E-state index in [1.54, 1.807) is 12.4 Å². The molecule has 11 nitrogen and oxygen atoms in total. The molecule has 2 aromatic heterocycles. The van der Waals surface area contributed by atoms with Crippen molar-refractivity contribution >= 4 is 17.8 Å². The number of likely N-dealkylation sites (tertiary alicyclic amines) is 1. The molecule has 2 N–H and O–H groups in total. The molecule has 2 aliphatic rings. The van der Waals surface area contributed by atoms with Crippen LogP contribution >= 0.6 is 0 Å². The summed E-state index contributed by atoms with van der Waals surface area (Å²) < 4.78 is 40.3. The lowest BCUT2D eigenvalue weighted by Gasteiger charge is -2.32. The van der Waals surface area contributed by atoms with Crippen molar-refractivity contribution in [3.05, 3.63) is 47.6 Å². The van der Waals surface area contributed by atoms with E-state index in [0.717, 1.165) is 50.9 Å². The van der Waals surface area contributed by atoms with Gasteiger partial charge in [-0.05, 0) is 38.0 Å². The van der Waals surface area contributed by atoms with Crippen molar-refractivity contribution in [1.82, 2.24) is 25.0 Å². The van der Waals surface area contributed by atoms with E-state index < -0.39 is 34.9 Å². The molecule has 0 saturated carbocycles. The molecule has 224 valence electrons. The molecule has 3 aromatic rings. The number of hydrogen-bond donors (Lipinski definition) is 1. The summed E-state index contributed by atoms with van der Waals surface area (Å²) in [7, 11) is 0. The fourth-order valence-electron chi connectivity index (χ4n) is 5.34. The molecular formula is C29H35F2N7O4. The normalized spacial score (nSPS) is 17.7. The van der Waals surface area contributed by atoms with Crippen molar-refractivity contribution in [3.63, 3.8) is 0 Å². The highest BCUT2D eigenvalue weighted by Crippen LogP contribution is 2.27. The molecule has 2 fully saturated rings. The maximum absolute atomic E-state index is 14.7. The van der Waals surface area contributed by atoms with Gasteiger partial charge in [0.25, 0.3) is 5.91 Å². The van der Waals surface area contributed by atoms with Crippen LogP contribution in [0.1, 0.15) is 68.1 Å². The molecule has 0 spiro atoms. The summed E-state index contributed by atoms with van der Waals surface area (Å²) in [6, 6.07) is 2.06. The fourth-order valence-corrected chi connectivity index (χ4v) is 5.34. The Morgan fingerprint density at radius 2 is 1.79 bits per heavy atom. The van der Waals surface area contributed by atoms with Crippen LogP contribution in [-0.2, 0) is 4.79 Å². The van der Waals surface area contributed by atoms with Gasteiger partial charge in [-0.25, -0.2) is 18.7 Å². The number of carbonyl (C=O) groups is 2. The molecule has 2 aliphatic heterocycles. The first kappa shape index (κ1) is 29.3. The van der Waals surface area contributed by atoms with E-state index in [0.29, 0.717) is 42.2 Å². The van der Waals surface area contributed by atoms with Crippen LogP contribution in [-0.4, -0.2) is 69.6 Å². The second-order valence-electron chi connectivity index (χ2n) is 11.2. The fraction of sp³-hybridized carbons (Fsp3) is 0.517. The maximum Gasteiger partial charge on any atom is 0.259 e. The van der Waals surface area contributed by atoms with E-state index in [-0.39, 0.29) is 24.8 Å². The van der Waals surface area contributed by atoms with Gasteiger partial charge in [-0.3, -0.25) is 9.59 Å². The Morgan fingerprint density at radius 3 is 2.38 bits per heavy atom. The summed E-state index contributed by atoms with van der Waals surface area (Å²) in [5, 5.41) is 4.00. The average Bonchev–Trinajstić information content (AvgIpc) is 3.67. The van der Waals surface area contributed by atoms with E-state index in [9.17, 15) is 18.4 Å². The molecule has 0 unspecified atom stereocenters. The first-order chi connectivity index (χ1) is 20.2. The van der Waals surface area contributed by atoms with Gasteiger partial charge in [0.1, 0.15) is 22.9 Å². The number of piperidine rings is 1. The maximum atomic E-state index is 14.7. The highest BCUT2D eigenvalue weighted by Gasteiger charge is 2.33. The van der Waals surface area contributed by atoms with E-state index in [2.05, 4.69) is 25.0 Å². The number of hydrogen-bond acceptors (Lipinski definition) is 9. The molecule has 0 radical (unpaired) electrons. The molecule has 0 aliphatic carbocycles. The lowest BCUT2D eigenvalue weighted by molar-refractivity contribution is -0.121. The Bertz CT molecular complexity index is 1380. The number of amides is 2. The lowest BCUT2D eigenvalue weighted by atomic mass is 9.92. The third-order valence-corrected chi connectivity index (χ3v) is 7.86. The average molecular weight is 584 g/mol. The zero-order chi connectivity index (χ0) is 29.8. The van der Waals surface area contributed by atoms with Crippen molar-refractivity contribution in [1.29, 1.82) is 0 Å². The third-order valence-electron chi connectivity index (χ3n) is 7.86. The summed E-state index contributed by atoms with van der Waals surface area (Å²) in [6.45, 7) is 6.21. The molecule has 4 heterocycles. The van der Waals surface area contributed by atoms with Crippen LogP contribution in [0.2, 0.25) is 0 Å². The number of ether oxygens (including phenoxy) is 1. The van der Waals surface area contributed by atoms with Gasteiger partial charge in [0.15, 0.2) is 0 Å². The second kappa shape index (κ2) is 12.8. The summed E-state index contributed by atoms with van der Waals surface area (Å²) in [6.07, 6.45) is 7.39. The predicted octanol–water partition coefficient (Wildman–Crippen LogP) is 3.95. The van der Waals surface area contributed by atoms with E-state index >= 15 is 0 Å². The lowest BCUT2D eigenvalue weighted by Crippen LogP contribution is -2.34. The predicted molar refractivity (Wildman–Crippen MR) is 149 cm³/mol. The van der Waals surface area contributed by atoms with Gasteiger partial charge in [0, 0.05) is 56.6 Å². The molecular weight excluding hydrogens is 548 g/mol. The van der Waals surface area contributed by atoms with E-state index in [4.69, 9.17) is 15.0 Å². The van der Waals surface area contributed by atoms with Gasteiger partial charge in [-0.1, -0.05) is 19.0 Å². The molecule has 1 aromatic carbocycles. The molecule has 5 rings (SSSR count). The molecule has 42 heavy (non-hydrogen) atoms. The van der Waals surface area contributed by atoms with Gasteiger partial charge < -0.3 is 24.8 Å². The van der Waals surface area contributed by atoms with Crippen molar-refractivity contribution in [2.24, 2.45) is 17.6 Å². The highest BCUT2D eigenvalue weighted by molar-refractivity contribution is 5.95. The van der Waals surface area contributed by atoms with Gasteiger partial charge in [-0.15, -0.1) is 0 Å². The monoisotopic (exact) mass is 583 g/mol. The molecule has 2 amide bonds. The van der Waals surface area contributed by atoms with Gasteiger partial charge in [0.2, 0.25) is 23.6 Å². The Hall–Kier alpha value is -4.16. The van der Waals surface area contributed by atoms with Crippen molar-refractivity contribution in [3.8, 4) is 17.1 Å². The van der Waals surface area contributed by atoms with Crippen LogP contribution in [0.4, 0.5) is 14.7 Å². The standard InChI is InChI=1S/C29H35F2N7O4/c1-17(2)27-35-26(36-42-27)20-14-33-29(34-15-20)37-8-5-18(6-9-37)4-3-11-41-21-12-22(30)24(23(31)13-21)28(40)38-10-7-19(16-38)25(32)39/h12-15,17-19H,3-11,16H2,1-2H3,(H2,32,39)/t19-/m1/s1. The third kappa shape index (κ3) is 6.66. The number of carbonyl (C=O) groups excluding carboxylic acids is 2. The first-order valence-corrected chi connectivity index (χ1v) is 14.3. The van der Waals surface area contributed by atoms with Crippen LogP contribution in [0.5, 0.6) is 5.75 Å². The molecule has 2 saturated heterocycles. The smallest absolute Gasteiger partial charge is 0.259 e. The topological polar surface area (TPSA) is 141 Å². The number of aromatic nitrogens is 4. The Balaban J connectivity index is 1.05. The van der Waals surface area contributed by atoms with Crippen molar-refractivity contribution in [2.75, 3.05) is 37.7 Å². The summed E-state index contributed by atoms with van der Waals surface area (Å²) >= 11 is 0. The zero-order valence-electron chi connectivity index (χ0n) is 23.8. The second-order valence-corrected chi connectivity index (χ2v) is 11.2. The number of nitrogens with zero attached hydrogens (tertiary/aromatic N) is 6. The van der Waals surface area contributed by atoms with Crippen LogP contribution < -0.4 is 15.4 Å². The minimum atomic E-state index is -0.988. The SMILES string of the molecule is CC(C)c1nc(-c2cnc(N3CCC(CCCOc4cc(F)c(C(=O)N5CC[C@@H](C(N)=O)C5)c(F)c4)CC3)nc2)no1.